The lowest BCUT2D eigenvalue weighted by Gasteiger charge is -2.20. The summed E-state index contributed by atoms with van der Waals surface area (Å²) in [6, 6.07) is 0. The molecule has 0 bridgehead atoms. The van der Waals surface area contributed by atoms with Crippen molar-refractivity contribution in [2.75, 3.05) is 0 Å². The second kappa shape index (κ2) is 4.80. The Morgan fingerprint density at radius 2 is 1.00 bits per heavy atom. The van der Waals surface area contributed by atoms with Crippen LogP contribution in [0.4, 0.5) is 0 Å². The van der Waals surface area contributed by atoms with E-state index in [1.807, 2.05) is 0 Å². The van der Waals surface area contributed by atoms with E-state index < -0.39 is 0 Å². The van der Waals surface area contributed by atoms with Crippen LogP contribution >= 0.6 is 0 Å². The Hall–Kier alpha value is 1.70. The van der Waals surface area contributed by atoms with Crippen molar-refractivity contribution in [1.82, 2.24) is 4.65 Å². The van der Waals surface area contributed by atoms with Gasteiger partial charge in [-0.2, -0.15) is 0 Å². The SMILES string of the molecule is [Si]C([Si])([Si])[Si]N[Si]C([Si])([Si])[Si]. The van der Waals surface area contributed by atoms with Crippen molar-refractivity contribution in [2.45, 2.75) is 7.82 Å². The van der Waals surface area contributed by atoms with Crippen molar-refractivity contribution in [1.29, 1.82) is 0 Å². The van der Waals surface area contributed by atoms with Crippen molar-refractivity contribution in [2.24, 2.45) is 0 Å². The van der Waals surface area contributed by atoms with Gasteiger partial charge in [-0.25, -0.2) is 0 Å². The fourth-order valence-corrected chi connectivity index (χ4v) is 5.34. The van der Waals surface area contributed by atoms with E-state index in [2.05, 4.69) is 66.1 Å². The van der Waals surface area contributed by atoms with Crippen molar-refractivity contribution < 1.29 is 0 Å². The van der Waals surface area contributed by atoms with Crippen LogP contribution < -0.4 is 4.65 Å². The van der Waals surface area contributed by atoms with Gasteiger partial charge in [0, 0.05) is 61.5 Å². The highest BCUT2D eigenvalue weighted by Gasteiger charge is 2.16. The Kier molecular flexibility index (Phi) is 5.54. The van der Waals surface area contributed by atoms with Crippen molar-refractivity contribution in [3.8, 4) is 0 Å². The van der Waals surface area contributed by atoms with E-state index in [1.54, 1.807) is 0 Å². The highest BCUT2D eigenvalue weighted by atomic mass is 28.4. The summed E-state index contributed by atoms with van der Waals surface area (Å²) in [5.41, 5.74) is 0. The molecule has 0 spiro atoms. The third-order valence-corrected chi connectivity index (χ3v) is 4.50. The van der Waals surface area contributed by atoms with Crippen molar-refractivity contribution in [3.05, 3.63) is 0 Å². The summed E-state index contributed by atoms with van der Waals surface area (Å²) in [4.78, 5) is 0. The molecule has 0 amide bonds. The molecule has 22 radical (unpaired) electrons. The van der Waals surface area contributed by atoms with E-state index in [0.717, 1.165) is 0 Å². The second-order valence-corrected chi connectivity index (χ2v) is 15.4. The Balaban J connectivity index is 3.44. The van der Waals surface area contributed by atoms with Crippen LogP contribution in [0.2, 0.25) is 7.82 Å². The largest absolute Gasteiger partial charge is 0.364 e. The van der Waals surface area contributed by atoms with Gasteiger partial charge in [0.15, 0.2) is 0 Å². The number of hydrogen-bond donors (Lipinski definition) is 1. The van der Waals surface area contributed by atoms with E-state index >= 15 is 0 Å². The van der Waals surface area contributed by atoms with Crippen LogP contribution in [0.15, 0.2) is 0 Å². The molecule has 0 unspecified atom stereocenters. The molecule has 0 aliphatic carbocycles. The normalized spacial score (nSPS) is 13.6. The van der Waals surface area contributed by atoms with Gasteiger partial charge in [-0.15, -0.1) is 0 Å². The topological polar surface area (TPSA) is 12.0 Å². The van der Waals surface area contributed by atoms with Crippen LogP contribution in [0, 0.1) is 0 Å². The third kappa shape index (κ3) is 11.7. The van der Waals surface area contributed by atoms with Gasteiger partial charge in [-0.05, 0) is 0 Å². The second-order valence-electron chi connectivity index (χ2n) is 1.88. The molecule has 9 heteroatoms. The zero-order chi connectivity index (χ0) is 9.12. The average molecular weight is 264 g/mol. The minimum absolute atomic E-state index is 0.205. The first-order valence-corrected chi connectivity index (χ1v) is 7.50. The molecule has 0 atom stereocenters. The fraction of sp³-hybridized carbons (Fsp3) is 1.00. The molecule has 11 heavy (non-hydrogen) atoms. The van der Waals surface area contributed by atoms with Gasteiger partial charge in [0.25, 0.3) is 0 Å². The van der Waals surface area contributed by atoms with Crippen molar-refractivity contribution >= 4 is 80.8 Å². The van der Waals surface area contributed by atoms with Crippen LogP contribution in [0.1, 0.15) is 0 Å². The first-order valence-electron chi connectivity index (χ1n) is 2.50. The maximum Gasteiger partial charge on any atom is 0.126 e. The molecule has 0 fully saturated rings. The molecule has 0 heterocycles. The van der Waals surface area contributed by atoms with Crippen LogP contribution in [-0.4, -0.2) is 80.8 Å². The van der Waals surface area contributed by atoms with Gasteiger partial charge >= 0.3 is 0 Å². The summed E-state index contributed by atoms with van der Waals surface area (Å²) in [6.45, 7) is 0. The van der Waals surface area contributed by atoms with Crippen LogP contribution in [0.5, 0.6) is 0 Å². The van der Waals surface area contributed by atoms with E-state index in [0.29, 0.717) is 19.4 Å². The standard InChI is InChI=1S/C2HNSi8/c4-1(5,6)10-3-11-2(7,8)9/h3H. The smallest absolute Gasteiger partial charge is 0.126 e. The average Bonchev–Trinajstić information content (AvgIpc) is 1.55. The third-order valence-electron chi connectivity index (χ3n) is 0.500. The molecule has 0 aliphatic rings. The van der Waals surface area contributed by atoms with Crippen LogP contribution in [-0.2, 0) is 0 Å². The molecule has 46 valence electrons. The Labute approximate surface area is 93.0 Å². The quantitative estimate of drug-likeness (QED) is 0.530. The van der Waals surface area contributed by atoms with Gasteiger partial charge in [0.05, 0.1) is 0 Å². The highest BCUT2D eigenvalue weighted by Crippen LogP contribution is 2.05. The van der Waals surface area contributed by atoms with E-state index in [1.165, 1.54) is 0 Å². The zero-order valence-corrected chi connectivity index (χ0v) is 13.5. The molecule has 0 rings (SSSR count). The summed E-state index contributed by atoms with van der Waals surface area (Å²) >= 11 is 0. The summed E-state index contributed by atoms with van der Waals surface area (Å²) in [5, 5.41) is 0. The maximum absolute atomic E-state index is 3.43. The molecule has 1 nitrogen and oxygen atoms in total. The highest BCUT2D eigenvalue weighted by molar-refractivity contribution is 6.87. The van der Waals surface area contributed by atoms with E-state index in [4.69, 9.17) is 0 Å². The van der Waals surface area contributed by atoms with E-state index in [-0.39, 0.29) is 7.82 Å². The molecule has 0 aromatic heterocycles. The lowest BCUT2D eigenvalue weighted by Crippen LogP contribution is -2.41. The summed E-state index contributed by atoms with van der Waals surface area (Å²) < 4.78 is 2.82. The van der Waals surface area contributed by atoms with Crippen LogP contribution in [0.3, 0.4) is 0 Å². The first kappa shape index (κ1) is 12.7. The van der Waals surface area contributed by atoms with Gasteiger partial charge < -0.3 is 4.65 Å². The molecule has 1 N–H and O–H groups in total. The molecule has 0 aromatic carbocycles. The predicted molar refractivity (Wildman–Crippen MR) is 54.6 cm³/mol. The number of nitrogens with one attached hydrogen (secondary N) is 1. The van der Waals surface area contributed by atoms with E-state index in [9.17, 15) is 0 Å². The molecule has 0 saturated carbocycles. The Bertz CT molecular complexity index is 96.2. The Morgan fingerprint density at radius 3 is 1.18 bits per heavy atom. The number of rotatable bonds is 4. The predicted octanol–water partition coefficient (Wildman–Crippen LogP) is -3.11. The molecule has 0 aliphatic heterocycles. The zero-order valence-electron chi connectivity index (χ0n) is 5.50. The minimum atomic E-state index is -0.205. The first-order chi connectivity index (χ1) is 4.71. The Morgan fingerprint density at radius 1 is 0.727 bits per heavy atom. The van der Waals surface area contributed by atoms with Crippen molar-refractivity contribution in [3.63, 3.8) is 0 Å². The lowest BCUT2D eigenvalue weighted by atomic mass is 11.8. The van der Waals surface area contributed by atoms with Gasteiger partial charge in [-0.1, -0.05) is 7.82 Å². The maximum atomic E-state index is 3.43. The summed E-state index contributed by atoms with van der Waals surface area (Å²) in [5.74, 6) is 0. The molecule has 0 aromatic rings. The minimum Gasteiger partial charge on any atom is -0.364 e. The van der Waals surface area contributed by atoms with Gasteiger partial charge in [0.2, 0.25) is 0 Å². The number of hydrogen-bond acceptors (Lipinski definition) is 1. The monoisotopic (exact) mass is 263 g/mol. The molecule has 0 saturated heterocycles. The van der Waals surface area contributed by atoms with Gasteiger partial charge in [-0.3, -0.25) is 0 Å². The summed E-state index contributed by atoms with van der Waals surface area (Å²) in [6.07, 6.45) is 0. The lowest BCUT2D eigenvalue weighted by molar-refractivity contribution is 1.42. The summed E-state index contributed by atoms with van der Waals surface area (Å²) in [7, 11) is 21.6. The van der Waals surface area contributed by atoms with Gasteiger partial charge in [0.1, 0.15) is 19.4 Å². The molecular formula is C2HNSi8. The fourth-order valence-electron chi connectivity index (χ4n) is 0.219. The van der Waals surface area contributed by atoms with Crippen LogP contribution in [0.25, 0.3) is 0 Å². The molecular weight excluding hydrogens is 263 g/mol.